The van der Waals surface area contributed by atoms with Crippen LogP contribution in [0.1, 0.15) is 27.9 Å². The average Bonchev–Trinajstić information content (AvgIpc) is 3.27. The molecule has 3 rings (SSSR count). The molecule has 1 aliphatic heterocycles. The molecule has 1 amide bonds. The Morgan fingerprint density at radius 1 is 0.839 bits per heavy atom. The smallest absolute Gasteiger partial charge is 0.221 e. The molecule has 0 spiro atoms. The number of carbonyl (C=O) groups excluding carboxylic acids is 1. The molecule has 1 aliphatic rings. The summed E-state index contributed by atoms with van der Waals surface area (Å²) >= 11 is 3.67. The summed E-state index contributed by atoms with van der Waals surface area (Å²) in [6.07, 6.45) is 0. The SMILES string of the molecule is COc1cc([C@H]2SC[C@H](c3cc(OC)c(OC)c(OC)c3)S2)cc(NC(C)=O)c1OC. The van der Waals surface area contributed by atoms with Crippen molar-refractivity contribution in [1.82, 2.24) is 0 Å². The maximum atomic E-state index is 11.7. The lowest BCUT2D eigenvalue weighted by atomic mass is 10.1. The number of benzene rings is 2. The van der Waals surface area contributed by atoms with Gasteiger partial charge in [-0.3, -0.25) is 4.79 Å². The number of thioether (sulfide) groups is 2. The van der Waals surface area contributed by atoms with Crippen molar-refractivity contribution >= 4 is 35.1 Å². The largest absolute Gasteiger partial charge is 0.493 e. The first-order valence-corrected chi connectivity index (χ1v) is 11.5. The highest BCUT2D eigenvalue weighted by atomic mass is 32.2. The Kier molecular flexibility index (Phi) is 7.72. The lowest BCUT2D eigenvalue weighted by Gasteiger charge is -2.18. The van der Waals surface area contributed by atoms with Gasteiger partial charge in [0.25, 0.3) is 0 Å². The normalized spacial score (nSPS) is 17.7. The first-order valence-electron chi connectivity index (χ1n) is 9.56. The summed E-state index contributed by atoms with van der Waals surface area (Å²) in [7, 11) is 7.98. The van der Waals surface area contributed by atoms with Crippen LogP contribution in [0.15, 0.2) is 24.3 Å². The second-order valence-corrected chi connectivity index (χ2v) is 9.48. The third-order valence-corrected chi connectivity index (χ3v) is 8.17. The van der Waals surface area contributed by atoms with Crippen LogP contribution in [0.2, 0.25) is 0 Å². The van der Waals surface area contributed by atoms with Gasteiger partial charge in [-0.1, -0.05) is 0 Å². The first kappa shape index (κ1) is 23.3. The second-order valence-electron chi connectivity index (χ2n) is 6.73. The minimum atomic E-state index is -0.167. The molecule has 2 aromatic carbocycles. The van der Waals surface area contributed by atoms with E-state index in [0.29, 0.717) is 34.4 Å². The fraction of sp³-hybridized carbons (Fsp3) is 0.409. The first-order chi connectivity index (χ1) is 14.9. The quantitative estimate of drug-likeness (QED) is 0.590. The summed E-state index contributed by atoms with van der Waals surface area (Å²) in [4.78, 5) is 11.7. The van der Waals surface area contributed by atoms with Gasteiger partial charge in [-0.05, 0) is 35.4 Å². The Morgan fingerprint density at radius 2 is 1.39 bits per heavy atom. The highest BCUT2D eigenvalue weighted by Crippen LogP contribution is 2.58. The fourth-order valence-corrected chi connectivity index (χ4v) is 6.70. The van der Waals surface area contributed by atoms with Crippen molar-refractivity contribution < 1.29 is 28.5 Å². The van der Waals surface area contributed by atoms with Crippen LogP contribution in [-0.2, 0) is 4.79 Å². The van der Waals surface area contributed by atoms with Gasteiger partial charge in [0.1, 0.15) is 0 Å². The zero-order chi connectivity index (χ0) is 22.5. The van der Waals surface area contributed by atoms with Crippen molar-refractivity contribution in [2.75, 3.05) is 46.6 Å². The molecule has 2 atom stereocenters. The molecule has 1 saturated heterocycles. The summed E-state index contributed by atoms with van der Waals surface area (Å²) in [6.45, 7) is 1.47. The van der Waals surface area contributed by atoms with Crippen LogP contribution in [0.25, 0.3) is 0 Å². The molecule has 2 aromatic rings. The van der Waals surface area contributed by atoms with Crippen LogP contribution in [0.3, 0.4) is 0 Å². The lowest BCUT2D eigenvalue weighted by Crippen LogP contribution is -2.08. The lowest BCUT2D eigenvalue weighted by molar-refractivity contribution is -0.114. The summed E-state index contributed by atoms with van der Waals surface area (Å²) in [5.41, 5.74) is 2.75. The molecule has 0 unspecified atom stereocenters. The number of amides is 1. The molecule has 0 aromatic heterocycles. The van der Waals surface area contributed by atoms with Gasteiger partial charge in [0, 0.05) is 17.9 Å². The molecule has 9 heteroatoms. The number of ether oxygens (including phenoxy) is 5. The third kappa shape index (κ3) is 4.93. The van der Waals surface area contributed by atoms with Crippen LogP contribution in [0.4, 0.5) is 5.69 Å². The van der Waals surface area contributed by atoms with E-state index in [1.807, 2.05) is 47.8 Å². The van der Waals surface area contributed by atoms with Crippen molar-refractivity contribution in [3.63, 3.8) is 0 Å². The molecule has 31 heavy (non-hydrogen) atoms. The number of methoxy groups -OCH3 is 5. The van der Waals surface area contributed by atoms with Crippen molar-refractivity contribution in [3.05, 3.63) is 35.4 Å². The molecule has 1 N–H and O–H groups in total. The number of hydrogen-bond donors (Lipinski definition) is 1. The predicted octanol–water partition coefficient (Wildman–Crippen LogP) is 4.91. The van der Waals surface area contributed by atoms with Gasteiger partial charge in [-0.15, -0.1) is 23.5 Å². The van der Waals surface area contributed by atoms with Crippen molar-refractivity contribution in [2.45, 2.75) is 16.8 Å². The van der Waals surface area contributed by atoms with Gasteiger partial charge in [-0.2, -0.15) is 0 Å². The molecular weight excluding hydrogens is 438 g/mol. The zero-order valence-corrected chi connectivity index (χ0v) is 20.1. The highest BCUT2D eigenvalue weighted by Gasteiger charge is 2.31. The van der Waals surface area contributed by atoms with Crippen LogP contribution >= 0.6 is 23.5 Å². The van der Waals surface area contributed by atoms with Crippen LogP contribution in [-0.4, -0.2) is 47.2 Å². The van der Waals surface area contributed by atoms with Crippen LogP contribution < -0.4 is 29.0 Å². The van der Waals surface area contributed by atoms with E-state index in [1.54, 1.807) is 35.5 Å². The second kappa shape index (κ2) is 10.3. The van der Waals surface area contributed by atoms with Gasteiger partial charge in [0.15, 0.2) is 23.0 Å². The fourth-order valence-electron chi connectivity index (χ4n) is 3.44. The van der Waals surface area contributed by atoms with Gasteiger partial charge in [-0.25, -0.2) is 0 Å². The van der Waals surface area contributed by atoms with Gasteiger partial charge in [0.05, 0.1) is 45.8 Å². The number of anilines is 1. The van der Waals surface area contributed by atoms with E-state index < -0.39 is 0 Å². The van der Waals surface area contributed by atoms with Crippen molar-refractivity contribution in [3.8, 4) is 28.7 Å². The zero-order valence-electron chi connectivity index (χ0n) is 18.4. The average molecular weight is 466 g/mol. The molecule has 0 saturated carbocycles. The Morgan fingerprint density at radius 3 is 1.90 bits per heavy atom. The molecule has 1 fully saturated rings. The Balaban J connectivity index is 1.91. The van der Waals surface area contributed by atoms with E-state index in [9.17, 15) is 4.79 Å². The molecule has 0 bridgehead atoms. The predicted molar refractivity (Wildman–Crippen MR) is 125 cm³/mol. The number of hydrogen-bond acceptors (Lipinski definition) is 8. The molecule has 0 radical (unpaired) electrons. The minimum absolute atomic E-state index is 0.163. The van der Waals surface area contributed by atoms with E-state index in [0.717, 1.165) is 16.9 Å². The number of rotatable bonds is 8. The molecule has 7 nitrogen and oxygen atoms in total. The molecule has 0 aliphatic carbocycles. The Bertz CT molecular complexity index is 927. The van der Waals surface area contributed by atoms with E-state index in [4.69, 9.17) is 23.7 Å². The van der Waals surface area contributed by atoms with Gasteiger partial charge >= 0.3 is 0 Å². The molecule has 168 valence electrons. The summed E-state index contributed by atoms with van der Waals surface area (Å²) in [6, 6.07) is 7.91. The standard InChI is InChI=1S/C22H27NO6S2/c1-12(24)23-15-7-14(10-16(25-2)20(15)28-5)22-30-11-19(31-22)13-8-17(26-3)21(29-6)18(9-13)27-4/h7-10,19,22H,11H2,1-6H3,(H,23,24)/t19-,22+/m1/s1. The number of carbonyl (C=O) groups is 1. The maximum Gasteiger partial charge on any atom is 0.221 e. The summed E-state index contributed by atoms with van der Waals surface area (Å²) in [5.74, 6) is 3.71. The van der Waals surface area contributed by atoms with Crippen LogP contribution in [0, 0.1) is 0 Å². The van der Waals surface area contributed by atoms with Crippen molar-refractivity contribution in [1.29, 1.82) is 0 Å². The van der Waals surface area contributed by atoms with Gasteiger partial charge in [0.2, 0.25) is 11.7 Å². The van der Waals surface area contributed by atoms with E-state index >= 15 is 0 Å². The monoisotopic (exact) mass is 465 g/mol. The highest BCUT2D eigenvalue weighted by molar-refractivity contribution is 8.19. The van der Waals surface area contributed by atoms with E-state index in [2.05, 4.69) is 5.32 Å². The number of nitrogens with one attached hydrogen (secondary N) is 1. The maximum absolute atomic E-state index is 11.7. The molecular formula is C22H27NO6S2. The van der Waals surface area contributed by atoms with E-state index in [1.165, 1.54) is 6.92 Å². The molecule has 1 heterocycles. The minimum Gasteiger partial charge on any atom is -0.493 e. The third-order valence-electron chi connectivity index (χ3n) is 4.83. The van der Waals surface area contributed by atoms with Crippen LogP contribution in [0.5, 0.6) is 28.7 Å². The Labute approximate surface area is 191 Å². The Hall–Kier alpha value is -2.39. The van der Waals surface area contributed by atoms with Crippen molar-refractivity contribution in [2.24, 2.45) is 0 Å². The van der Waals surface area contributed by atoms with E-state index in [-0.39, 0.29) is 15.7 Å². The van der Waals surface area contributed by atoms with Gasteiger partial charge < -0.3 is 29.0 Å². The summed E-state index contributed by atoms with van der Waals surface area (Å²) < 4.78 is 27.6. The summed E-state index contributed by atoms with van der Waals surface area (Å²) in [5, 5.41) is 3.08. The topological polar surface area (TPSA) is 75.3 Å².